The van der Waals surface area contributed by atoms with E-state index in [1.165, 1.54) is 32.1 Å². The van der Waals surface area contributed by atoms with Crippen LogP contribution in [0, 0.1) is 11.8 Å². The molecule has 1 aliphatic carbocycles. The predicted octanol–water partition coefficient (Wildman–Crippen LogP) is 3.19. The zero-order chi connectivity index (χ0) is 14.5. The van der Waals surface area contributed by atoms with Gasteiger partial charge in [0.25, 0.3) is 0 Å². The van der Waals surface area contributed by atoms with Crippen molar-refractivity contribution < 1.29 is 4.79 Å². The molecule has 3 heteroatoms. The summed E-state index contributed by atoms with van der Waals surface area (Å²) in [5.41, 5.74) is 0. The second-order valence-corrected chi connectivity index (χ2v) is 7.26. The van der Waals surface area contributed by atoms with Gasteiger partial charge < -0.3 is 10.2 Å². The lowest BCUT2D eigenvalue weighted by Crippen LogP contribution is -2.52. The Morgan fingerprint density at radius 1 is 1.20 bits per heavy atom. The fraction of sp³-hybridized carbons (Fsp3) is 0.941. The van der Waals surface area contributed by atoms with Crippen LogP contribution in [0.1, 0.15) is 65.7 Å². The van der Waals surface area contributed by atoms with Gasteiger partial charge in [0.05, 0.1) is 6.04 Å². The van der Waals surface area contributed by atoms with E-state index in [0.29, 0.717) is 11.9 Å². The van der Waals surface area contributed by atoms with Crippen LogP contribution in [0.5, 0.6) is 0 Å². The van der Waals surface area contributed by atoms with E-state index in [2.05, 4.69) is 31.0 Å². The largest absolute Gasteiger partial charge is 0.341 e. The molecule has 2 fully saturated rings. The van der Waals surface area contributed by atoms with Crippen molar-refractivity contribution in [1.29, 1.82) is 0 Å². The molecular formula is C17H32N2O. The Balaban J connectivity index is 1.75. The van der Waals surface area contributed by atoms with Crippen LogP contribution in [0.4, 0.5) is 0 Å². The number of nitrogens with zero attached hydrogens (tertiary/aromatic N) is 1. The molecule has 1 heterocycles. The summed E-state index contributed by atoms with van der Waals surface area (Å²) in [5.74, 6) is 2.12. The van der Waals surface area contributed by atoms with Crippen LogP contribution in [0.25, 0.3) is 0 Å². The van der Waals surface area contributed by atoms with Crippen LogP contribution in [0.15, 0.2) is 0 Å². The van der Waals surface area contributed by atoms with Crippen LogP contribution in [0.2, 0.25) is 0 Å². The number of piperidine rings is 1. The van der Waals surface area contributed by atoms with Gasteiger partial charge >= 0.3 is 0 Å². The summed E-state index contributed by atoms with van der Waals surface area (Å²) in [6.07, 6.45) is 8.89. The minimum atomic E-state index is 0.0649. The van der Waals surface area contributed by atoms with E-state index >= 15 is 0 Å². The quantitative estimate of drug-likeness (QED) is 0.839. The normalized spacial score (nSPS) is 31.9. The molecule has 1 amide bonds. The van der Waals surface area contributed by atoms with E-state index in [1.807, 2.05) is 0 Å². The monoisotopic (exact) mass is 280 g/mol. The average molecular weight is 280 g/mol. The summed E-state index contributed by atoms with van der Waals surface area (Å²) in [6, 6.07) is 0.457. The van der Waals surface area contributed by atoms with E-state index in [1.54, 1.807) is 0 Å². The van der Waals surface area contributed by atoms with Crippen molar-refractivity contribution in [3.05, 3.63) is 0 Å². The third-order valence-electron chi connectivity index (χ3n) is 5.01. The highest BCUT2D eigenvalue weighted by Gasteiger charge is 2.29. The lowest BCUT2D eigenvalue weighted by Gasteiger charge is -2.35. The molecule has 1 saturated heterocycles. The highest BCUT2D eigenvalue weighted by atomic mass is 16.2. The van der Waals surface area contributed by atoms with Crippen LogP contribution in [-0.4, -0.2) is 36.0 Å². The van der Waals surface area contributed by atoms with Crippen molar-refractivity contribution in [3.8, 4) is 0 Å². The second-order valence-electron chi connectivity index (χ2n) is 7.26. The SMILES string of the molecule is CC1CCC(CCN2CCCC(NC(C)C)C2=O)CC1. The molecule has 2 rings (SSSR count). The van der Waals surface area contributed by atoms with Gasteiger partial charge in [-0.05, 0) is 31.1 Å². The summed E-state index contributed by atoms with van der Waals surface area (Å²) >= 11 is 0. The number of likely N-dealkylation sites (tertiary alicyclic amines) is 1. The third kappa shape index (κ3) is 4.47. The van der Waals surface area contributed by atoms with Crippen molar-refractivity contribution in [3.63, 3.8) is 0 Å². The Kier molecular flexibility index (Phi) is 5.88. The molecule has 0 aromatic carbocycles. The minimum Gasteiger partial charge on any atom is -0.341 e. The summed E-state index contributed by atoms with van der Waals surface area (Å²) in [7, 11) is 0. The molecule has 3 nitrogen and oxygen atoms in total. The smallest absolute Gasteiger partial charge is 0.239 e. The van der Waals surface area contributed by atoms with E-state index < -0.39 is 0 Å². The summed E-state index contributed by atoms with van der Waals surface area (Å²) in [6.45, 7) is 8.56. The number of rotatable bonds is 5. The molecule has 2 aliphatic rings. The van der Waals surface area contributed by atoms with Crippen molar-refractivity contribution in [2.45, 2.75) is 77.8 Å². The van der Waals surface area contributed by atoms with Crippen molar-refractivity contribution in [2.24, 2.45) is 11.8 Å². The maximum Gasteiger partial charge on any atom is 0.239 e. The molecule has 0 bridgehead atoms. The molecule has 1 atom stereocenters. The number of carbonyl (C=O) groups excluding carboxylic acids is 1. The van der Waals surface area contributed by atoms with Crippen LogP contribution in [0.3, 0.4) is 0 Å². The van der Waals surface area contributed by atoms with Crippen molar-refractivity contribution >= 4 is 5.91 Å². The van der Waals surface area contributed by atoms with Crippen molar-refractivity contribution in [2.75, 3.05) is 13.1 Å². The summed E-state index contributed by atoms with van der Waals surface area (Å²) in [4.78, 5) is 14.6. The van der Waals surface area contributed by atoms with Gasteiger partial charge in [0.1, 0.15) is 0 Å². The first-order chi connectivity index (χ1) is 9.56. The van der Waals surface area contributed by atoms with Gasteiger partial charge in [-0.3, -0.25) is 4.79 Å². The van der Waals surface area contributed by atoms with Gasteiger partial charge in [-0.2, -0.15) is 0 Å². The summed E-state index contributed by atoms with van der Waals surface area (Å²) < 4.78 is 0. The van der Waals surface area contributed by atoms with Gasteiger partial charge in [-0.1, -0.05) is 46.5 Å². The Bertz CT molecular complexity index is 308. The Labute approximate surface area is 124 Å². The molecule has 0 aromatic rings. The fourth-order valence-electron chi connectivity index (χ4n) is 3.68. The number of amides is 1. The van der Waals surface area contributed by atoms with Gasteiger partial charge in [-0.25, -0.2) is 0 Å². The van der Waals surface area contributed by atoms with E-state index in [4.69, 9.17) is 0 Å². The number of carbonyl (C=O) groups is 1. The molecule has 0 aromatic heterocycles. The third-order valence-corrected chi connectivity index (χ3v) is 5.01. The lowest BCUT2D eigenvalue weighted by molar-refractivity contribution is -0.136. The highest BCUT2D eigenvalue weighted by Crippen LogP contribution is 2.30. The lowest BCUT2D eigenvalue weighted by atomic mass is 9.81. The van der Waals surface area contributed by atoms with E-state index in [-0.39, 0.29) is 6.04 Å². The first kappa shape index (κ1) is 15.8. The molecule has 0 radical (unpaired) electrons. The molecule has 1 saturated carbocycles. The highest BCUT2D eigenvalue weighted by molar-refractivity contribution is 5.82. The van der Waals surface area contributed by atoms with Gasteiger partial charge in [0.2, 0.25) is 5.91 Å². The zero-order valence-corrected chi connectivity index (χ0v) is 13.5. The number of hydrogen-bond acceptors (Lipinski definition) is 2. The maximum absolute atomic E-state index is 12.4. The van der Waals surface area contributed by atoms with Crippen LogP contribution < -0.4 is 5.32 Å². The standard InChI is InChI=1S/C17H32N2O/c1-13(2)18-16-5-4-11-19(17(16)20)12-10-15-8-6-14(3)7-9-15/h13-16,18H,4-12H2,1-3H3. The number of nitrogens with one attached hydrogen (secondary N) is 1. The van der Waals surface area contributed by atoms with E-state index in [9.17, 15) is 4.79 Å². The Morgan fingerprint density at radius 2 is 1.90 bits per heavy atom. The van der Waals surface area contributed by atoms with E-state index in [0.717, 1.165) is 37.8 Å². The molecule has 20 heavy (non-hydrogen) atoms. The first-order valence-electron chi connectivity index (χ1n) is 8.61. The Morgan fingerprint density at radius 3 is 2.55 bits per heavy atom. The molecule has 0 spiro atoms. The van der Waals surface area contributed by atoms with Gasteiger partial charge in [0.15, 0.2) is 0 Å². The van der Waals surface area contributed by atoms with Crippen LogP contribution >= 0.6 is 0 Å². The van der Waals surface area contributed by atoms with Gasteiger partial charge in [0, 0.05) is 19.1 Å². The molecule has 1 unspecified atom stereocenters. The predicted molar refractivity (Wildman–Crippen MR) is 83.6 cm³/mol. The molecule has 1 N–H and O–H groups in total. The Hall–Kier alpha value is -0.570. The minimum absolute atomic E-state index is 0.0649. The van der Waals surface area contributed by atoms with Crippen LogP contribution in [-0.2, 0) is 4.79 Å². The second kappa shape index (κ2) is 7.44. The number of hydrogen-bond donors (Lipinski definition) is 1. The average Bonchev–Trinajstić information content (AvgIpc) is 2.41. The van der Waals surface area contributed by atoms with Gasteiger partial charge in [-0.15, -0.1) is 0 Å². The maximum atomic E-state index is 12.4. The van der Waals surface area contributed by atoms with Crippen molar-refractivity contribution in [1.82, 2.24) is 10.2 Å². The first-order valence-corrected chi connectivity index (χ1v) is 8.61. The fourth-order valence-corrected chi connectivity index (χ4v) is 3.68. The molecule has 116 valence electrons. The molecule has 1 aliphatic heterocycles. The molecular weight excluding hydrogens is 248 g/mol. The zero-order valence-electron chi connectivity index (χ0n) is 13.5. The summed E-state index contributed by atoms with van der Waals surface area (Å²) in [5, 5.41) is 3.41. The topological polar surface area (TPSA) is 32.3 Å².